The van der Waals surface area contributed by atoms with Crippen LogP contribution in [-0.2, 0) is 6.42 Å². The summed E-state index contributed by atoms with van der Waals surface area (Å²) in [7, 11) is 0. The number of nitrogens with one attached hydrogen (secondary N) is 1. The van der Waals surface area contributed by atoms with Gasteiger partial charge in [-0.3, -0.25) is 0 Å². The molecule has 3 rings (SSSR count). The molecule has 0 radical (unpaired) electrons. The maximum absolute atomic E-state index is 5.99. The fourth-order valence-corrected chi connectivity index (χ4v) is 2.94. The Hall–Kier alpha value is -0.730. The summed E-state index contributed by atoms with van der Waals surface area (Å²) in [6, 6.07) is 5.88. The Balaban J connectivity index is 1.47. The quantitative estimate of drug-likeness (QED) is 0.902. The smallest absolute Gasteiger partial charge is 0.123 e. The van der Waals surface area contributed by atoms with E-state index in [4.69, 9.17) is 16.3 Å². The zero-order chi connectivity index (χ0) is 12.8. The van der Waals surface area contributed by atoms with Gasteiger partial charge in [-0.15, -0.1) is 0 Å². The van der Waals surface area contributed by atoms with Crippen LogP contribution in [0.5, 0.6) is 5.75 Å². The van der Waals surface area contributed by atoms with Gasteiger partial charge in [-0.2, -0.15) is 0 Å². The highest BCUT2D eigenvalue weighted by atomic mass is 35.5. The normalized spacial score (nSPS) is 27.7. The molecule has 0 saturated heterocycles. The van der Waals surface area contributed by atoms with E-state index < -0.39 is 0 Å². The predicted molar refractivity (Wildman–Crippen MR) is 74.3 cm³/mol. The van der Waals surface area contributed by atoms with Gasteiger partial charge in [0.15, 0.2) is 0 Å². The van der Waals surface area contributed by atoms with Crippen molar-refractivity contribution >= 4 is 11.6 Å². The van der Waals surface area contributed by atoms with Crippen LogP contribution < -0.4 is 10.1 Å². The van der Waals surface area contributed by atoms with Crippen LogP contribution in [0.15, 0.2) is 18.2 Å². The monoisotopic (exact) mass is 265 g/mol. The van der Waals surface area contributed by atoms with E-state index in [9.17, 15) is 0 Å². The van der Waals surface area contributed by atoms with Crippen molar-refractivity contribution in [3.8, 4) is 5.75 Å². The molecular formula is C15H20ClNO. The zero-order valence-electron chi connectivity index (χ0n) is 11.0. The summed E-state index contributed by atoms with van der Waals surface area (Å²) in [6.45, 7) is 6.72. The minimum atomic E-state index is 0.264. The van der Waals surface area contributed by atoms with Crippen molar-refractivity contribution in [2.75, 3.05) is 13.1 Å². The molecule has 2 atom stereocenters. The Morgan fingerprint density at radius 1 is 1.39 bits per heavy atom. The molecule has 18 heavy (non-hydrogen) atoms. The van der Waals surface area contributed by atoms with Gasteiger partial charge in [0.2, 0.25) is 0 Å². The molecule has 0 bridgehead atoms. The highest BCUT2D eigenvalue weighted by Gasteiger charge is 2.44. The van der Waals surface area contributed by atoms with E-state index in [0.29, 0.717) is 5.41 Å². The number of fused-ring (bicyclic) bond motifs is 1. The van der Waals surface area contributed by atoms with Gasteiger partial charge in [-0.1, -0.05) is 25.4 Å². The van der Waals surface area contributed by atoms with E-state index >= 15 is 0 Å². The van der Waals surface area contributed by atoms with Crippen molar-refractivity contribution in [1.29, 1.82) is 0 Å². The molecule has 0 amide bonds. The summed E-state index contributed by atoms with van der Waals surface area (Å²) >= 11 is 5.99. The summed E-state index contributed by atoms with van der Waals surface area (Å²) in [4.78, 5) is 0. The lowest BCUT2D eigenvalue weighted by molar-refractivity contribution is 0.226. The molecular weight excluding hydrogens is 246 g/mol. The summed E-state index contributed by atoms with van der Waals surface area (Å²) in [6.07, 6.45) is 2.58. The number of benzene rings is 1. The van der Waals surface area contributed by atoms with Crippen molar-refractivity contribution in [2.24, 2.45) is 11.3 Å². The van der Waals surface area contributed by atoms with Crippen molar-refractivity contribution in [2.45, 2.75) is 32.8 Å². The lowest BCUT2D eigenvalue weighted by Crippen LogP contribution is -2.31. The van der Waals surface area contributed by atoms with Gasteiger partial charge in [0.25, 0.3) is 0 Å². The molecule has 1 saturated carbocycles. The van der Waals surface area contributed by atoms with E-state index in [1.165, 1.54) is 12.0 Å². The second kappa shape index (κ2) is 4.43. The SMILES string of the molecule is CC1(C)CC1CNCC1Cc2cc(Cl)ccc2O1. The summed E-state index contributed by atoms with van der Waals surface area (Å²) < 4.78 is 5.89. The molecule has 1 fully saturated rings. The van der Waals surface area contributed by atoms with Gasteiger partial charge in [-0.25, -0.2) is 0 Å². The minimum absolute atomic E-state index is 0.264. The maximum Gasteiger partial charge on any atom is 0.123 e. The first-order valence-electron chi connectivity index (χ1n) is 6.70. The lowest BCUT2D eigenvalue weighted by Gasteiger charge is -2.12. The lowest BCUT2D eigenvalue weighted by atomic mass is 10.1. The van der Waals surface area contributed by atoms with E-state index in [0.717, 1.165) is 36.2 Å². The van der Waals surface area contributed by atoms with Gasteiger partial charge in [0, 0.05) is 18.0 Å². The first-order chi connectivity index (χ1) is 8.54. The minimum Gasteiger partial charge on any atom is -0.488 e. The Morgan fingerprint density at radius 3 is 2.89 bits per heavy atom. The van der Waals surface area contributed by atoms with Crippen LogP contribution in [0.2, 0.25) is 5.02 Å². The Labute approximate surface area is 114 Å². The molecule has 1 aromatic rings. The number of ether oxygens (including phenoxy) is 1. The molecule has 1 heterocycles. The van der Waals surface area contributed by atoms with Crippen molar-refractivity contribution in [1.82, 2.24) is 5.32 Å². The highest BCUT2D eigenvalue weighted by molar-refractivity contribution is 6.30. The largest absolute Gasteiger partial charge is 0.488 e. The number of halogens is 1. The molecule has 2 aliphatic rings. The van der Waals surface area contributed by atoms with E-state index in [1.807, 2.05) is 18.2 Å². The van der Waals surface area contributed by atoms with Gasteiger partial charge >= 0.3 is 0 Å². The molecule has 2 nitrogen and oxygen atoms in total. The average Bonchev–Trinajstić information content (AvgIpc) is 2.72. The first kappa shape index (κ1) is 12.3. The number of rotatable bonds is 4. The summed E-state index contributed by atoms with van der Waals surface area (Å²) in [5.74, 6) is 1.84. The molecule has 0 aromatic heterocycles. The number of hydrogen-bond acceptors (Lipinski definition) is 2. The van der Waals surface area contributed by atoms with Crippen LogP contribution in [0, 0.1) is 11.3 Å². The van der Waals surface area contributed by atoms with Gasteiger partial charge in [0.1, 0.15) is 11.9 Å². The summed E-state index contributed by atoms with van der Waals surface area (Å²) in [5, 5.41) is 4.33. The fourth-order valence-electron chi connectivity index (χ4n) is 2.75. The van der Waals surface area contributed by atoms with Crippen LogP contribution in [0.3, 0.4) is 0 Å². The van der Waals surface area contributed by atoms with Gasteiger partial charge in [0.05, 0.1) is 0 Å². The molecule has 1 N–H and O–H groups in total. The van der Waals surface area contributed by atoms with Gasteiger partial charge < -0.3 is 10.1 Å². The Bertz CT molecular complexity index is 458. The van der Waals surface area contributed by atoms with Crippen molar-refractivity contribution in [3.63, 3.8) is 0 Å². The van der Waals surface area contributed by atoms with Crippen LogP contribution in [-0.4, -0.2) is 19.2 Å². The molecule has 3 heteroatoms. The van der Waals surface area contributed by atoms with Gasteiger partial charge in [-0.05, 0) is 48.1 Å². The van der Waals surface area contributed by atoms with Crippen LogP contribution in [0.1, 0.15) is 25.8 Å². The van der Waals surface area contributed by atoms with Crippen LogP contribution >= 0.6 is 11.6 Å². The zero-order valence-corrected chi connectivity index (χ0v) is 11.8. The first-order valence-corrected chi connectivity index (χ1v) is 7.08. The van der Waals surface area contributed by atoms with E-state index in [2.05, 4.69) is 19.2 Å². The maximum atomic E-state index is 5.99. The van der Waals surface area contributed by atoms with E-state index in [-0.39, 0.29) is 6.10 Å². The molecule has 0 spiro atoms. The molecule has 2 unspecified atom stereocenters. The molecule has 1 aromatic carbocycles. The van der Waals surface area contributed by atoms with Crippen molar-refractivity contribution < 1.29 is 4.74 Å². The molecule has 1 aliphatic carbocycles. The third-order valence-electron chi connectivity index (χ3n) is 4.24. The Morgan fingerprint density at radius 2 is 2.17 bits per heavy atom. The average molecular weight is 266 g/mol. The molecule has 98 valence electrons. The summed E-state index contributed by atoms with van der Waals surface area (Å²) in [5.41, 5.74) is 1.79. The third-order valence-corrected chi connectivity index (χ3v) is 4.48. The topological polar surface area (TPSA) is 21.3 Å². The third kappa shape index (κ3) is 2.50. The Kier molecular flexibility index (Phi) is 3.03. The van der Waals surface area contributed by atoms with E-state index in [1.54, 1.807) is 0 Å². The second-order valence-corrected chi connectivity index (χ2v) is 6.68. The van der Waals surface area contributed by atoms with Crippen molar-refractivity contribution in [3.05, 3.63) is 28.8 Å². The van der Waals surface area contributed by atoms with Crippen LogP contribution in [0.4, 0.5) is 0 Å². The molecule has 1 aliphatic heterocycles. The second-order valence-electron chi connectivity index (χ2n) is 6.24. The highest BCUT2D eigenvalue weighted by Crippen LogP contribution is 2.50. The van der Waals surface area contributed by atoms with Crippen LogP contribution in [0.25, 0.3) is 0 Å². The predicted octanol–water partition coefficient (Wildman–Crippen LogP) is 3.28. The standard InChI is InChI=1S/C15H20ClNO/c1-15(2)7-11(15)8-17-9-13-6-10-5-12(16)3-4-14(10)18-13/h3-5,11,13,17H,6-9H2,1-2H3. The fraction of sp³-hybridized carbons (Fsp3) is 0.600. The number of hydrogen-bond donors (Lipinski definition) is 1.